The van der Waals surface area contributed by atoms with Gasteiger partial charge in [0.05, 0.1) is 0 Å². The van der Waals surface area contributed by atoms with Crippen LogP contribution in [0.25, 0.3) is 0 Å². The Labute approximate surface area is 38.8 Å². The van der Waals surface area contributed by atoms with Gasteiger partial charge in [-0.3, -0.25) is 0 Å². The van der Waals surface area contributed by atoms with Crippen LogP contribution >= 0.6 is 0 Å². The van der Waals surface area contributed by atoms with Crippen molar-refractivity contribution in [2.45, 2.75) is 19.3 Å². The molecular formula is C3H6Li. The molecule has 0 N–H and O–H groups in total. The van der Waals surface area contributed by atoms with E-state index in [2.05, 4.69) is 0 Å². The van der Waals surface area contributed by atoms with E-state index in [1.165, 1.54) is 19.3 Å². The van der Waals surface area contributed by atoms with Gasteiger partial charge >= 0.3 is 0 Å². The van der Waals surface area contributed by atoms with E-state index >= 15 is 0 Å². The first kappa shape index (κ1) is 4.60. The van der Waals surface area contributed by atoms with Crippen LogP contribution in [0.2, 0.25) is 0 Å². The molecule has 4 heavy (non-hydrogen) atoms. The Balaban J connectivity index is 0.0000000900. The molecule has 0 saturated heterocycles. The second-order valence-corrected chi connectivity index (χ2v) is 1.06. The summed E-state index contributed by atoms with van der Waals surface area (Å²) in [5.74, 6) is 0. The Morgan fingerprint density at radius 2 is 1.00 bits per heavy atom. The van der Waals surface area contributed by atoms with Crippen molar-refractivity contribution in [2.24, 2.45) is 0 Å². The normalized spacial score (nSPS) is 18.0. The average molecular weight is 49.0 g/mol. The largest absolute Gasteiger partial charge is 0.0533 e. The first-order valence-corrected chi connectivity index (χ1v) is 1.50. The van der Waals surface area contributed by atoms with Crippen LogP contribution in [0.5, 0.6) is 0 Å². The van der Waals surface area contributed by atoms with Crippen LogP contribution in [-0.2, 0) is 0 Å². The fourth-order valence-corrected chi connectivity index (χ4v) is 0. The topological polar surface area (TPSA) is 0 Å². The summed E-state index contributed by atoms with van der Waals surface area (Å²) >= 11 is 0. The van der Waals surface area contributed by atoms with Gasteiger partial charge in [-0.25, -0.2) is 0 Å². The van der Waals surface area contributed by atoms with Gasteiger partial charge in [0, 0.05) is 18.9 Å². The minimum Gasteiger partial charge on any atom is -0.0533 e. The summed E-state index contributed by atoms with van der Waals surface area (Å²) in [6.45, 7) is 0. The van der Waals surface area contributed by atoms with Crippen LogP contribution in [0, 0.1) is 0 Å². The molecule has 0 unspecified atom stereocenters. The zero-order chi connectivity index (χ0) is 2.12. The molecule has 0 spiro atoms. The van der Waals surface area contributed by atoms with Crippen molar-refractivity contribution in [3.63, 3.8) is 0 Å². The summed E-state index contributed by atoms with van der Waals surface area (Å²) in [4.78, 5) is 0. The number of hydrogen-bond donors (Lipinski definition) is 0. The van der Waals surface area contributed by atoms with Gasteiger partial charge in [-0.15, -0.1) is 0 Å². The third kappa shape index (κ3) is 2.60. The first-order valence-electron chi connectivity index (χ1n) is 1.50. The fraction of sp³-hybridized carbons (Fsp3) is 1.00. The van der Waals surface area contributed by atoms with Gasteiger partial charge in [-0.2, -0.15) is 0 Å². The van der Waals surface area contributed by atoms with Crippen molar-refractivity contribution in [1.29, 1.82) is 0 Å². The molecule has 0 aromatic rings. The van der Waals surface area contributed by atoms with Gasteiger partial charge in [0.1, 0.15) is 0 Å². The van der Waals surface area contributed by atoms with E-state index in [-0.39, 0.29) is 18.9 Å². The third-order valence-corrected chi connectivity index (χ3v) is 0.354. The molecule has 0 bridgehead atoms. The molecule has 19 valence electrons. The SMILES string of the molecule is C1CC1.[Li]. The van der Waals surface area contributed by atoms with Crippen molar-refractivity contribution in [3.05, 3.63) is 0 Å². The van der Waals surface area contributed by atoms with Gasteiger partial charge in [0.2, 0.25) is 0 Å². The van der Waals surface area contributed by atoms with E-state index in [0.29, 0.717) is 0 Å². The zero-order valence-electron chi connectivity index (χ0n) is 3.12. The molecule has 0 amide bonds. The fourth-order valence-electron chi connectivity index (χ4n) is 0. The molecule has 0 heterocycles. The van der Waals surface area contributed by atoms with E-state index in [1.54, 1.807) is 0 Å². The molecular weight excluding hydrogens is 43.0 g/mol. The summed E-state index contributed by atoms with van der Waals surface area (Å²) in [7, 11) is 0. The Bertz CT molecular complexity index is 8.00. The number of rotatable bonds is 0. The molecule has 0 atom stereocenters. The summed E-state index contributed by atoms with van der Waals surface area (Å²) in [6.07, 6.45) is 4.50. The van der Waals surface area contributed by atoms with Crippen LogP contribution in [0.4, 0.5) is 0 Å². The molecule has 1 fully saturated rings. The second-order valence-electron chi connectivity index (χ2n) is 1.06. The minimum atomic E-state index is 0. The van der Waals surface area contributed by atoms with Crippen LogP contribution in [-0.4, -0.2) is 18.9 Å². The summed E-state index contributed by atoms with van der Waals surface area (Å²) in [5.41, 5.74) is 0. The van der Waals surface area contributed by atoms with Gasteiger partial charge < -0.3 is 0 Å². The predicted molar refractivity (Wildman–Crippen MR) is 19.6 cm³/mol. The first-order chi connectivity index (χ1) is 1.50. The average Bonchev–Trinajstić information content (AvgIpc) is 1.46. The van der Waals surface area contributed by atoms with E-state index in [1.807, 2.05) is 0 Å². The molecule has 0 nitrogen and oxygen atoms in total. The molecule has 0 aromatic heterocycles. The van der Waals surface area contributed by atoms with Crippen molar-refractivity contribution >= 4 is 18.9 Å². The van der Waals surface area contributed by atoms with Gasteiger partial charge in [0.15, 0.2) is 0 Å². The molecule has 1 radical (unpaired) electrons. The maximum Gasteiger partial charge on any atom is 0 e. The molecule has 0 aliphatic heterocycles. The van der Waals surface area contributed by atoms with Gasteiger partial charge in [-0.05, 0) is 0 Å². The van der Waals surface area contributed by atoms with Crippen LogP contribution < -0.4 is 0 Å². The van der Waals surface area contributed by atoms with E-state index < -0.39 is 0 Å². The molecule has 1 saturated carbocycles. The molecule has 1 aliphatic rings. The van der Waals surface area contributed by atoms with Crippen LogP contribution in [0.3, 0.4) is 0 Å². The van der Waals surface area contributed by atoms with Crippen LogP contribution in [0.15, 0.2) is 0 Å². The Morgan fingerprint density at radius 3 is 1.00 bits per heavy atom. The van der Waals surface area contributed by atoms with Crippen molar-refractivity contribution in [2.75, 3.05) is 0 Å². The second kappa shape index (κ2) is 1.88. The predicted octanol–water partition coefficient (Wildman–Crippen LogP) is 0.789. The van der Waals surface area contributed by atoms with Crippen molar-refractivity contribution < 1.29 is 0 Å². The molecule has 0 aromatic carbocycles. The smallest absolute Gasteiger partial charge is 0 e. The van der Waals surface area contributed by atoms with E-state index in [9.17, 15) is 0 Å². The zero-order valence-corrected chi connectivity index (χ0v) is 3.12. The maximum atomic E-state index is 1.50. The standard InChI is InChI=1S/C3H6.Li/c1-2-3-1;/h1-3H2;. The Hall–Kier alpha value is 0.597. The Morgan fingerprint density at radius 1 is 0.750 bits per heavy atom. The van der Waals surface area contributed by atoms with E-state index in [0.717, 1.165) is 0 Å². The monoisotopic (exact) mass is 49.1 g/mol. The molecule has 1 heteroatoms. The third-order valence-electron chi connectivity index (χ3n) is 0.354. The van der Waals surface area contributed by atoms with Crippen LogP contribution in [0.1, 0.15) is 19.3 Å². The van der Waals surface area contributed by atoms with Gasteiger partial charge in [0.25, 0.3) is 0 Å². The summed E-state index contributed by atoms with van der Waals surface area (Å²) in [6, 6.07) is 0. The maximum absolute atomic E-state index is 1.50. The molecule has 1 aliphatic carbocycles. The quantitative estimate of drug-likeness (QED) is 0.355. The molecule has 1 rings (SSSR count). The Kier molecular flexibility index (Phi) is 2.16. The van der Waals surface area contributed by atoms with E-state index in [4.69, 9.17) is 0 Å². The number of hydrogen-bond acceptors (Lipinski definition) is 0. The van der Waals surface area contributed by atoms with Crippen molar-refractivity contribution in [3.8, 4) is 0 Å². The summed E-state index contributed by atoms with van der Waals surface area (Å²) < 4.78 is 0. The minimum absolute atomic E-state index is 0. The van der Waals surface area contributed by atoms with Crippen molar-refractivity contribution in [1.82, 2.24) is 0 Å². The summed E-state index contributed by atoms with van der Waals surface area (Å²) in [5, 5.41) is 0. The van der Waals surface area contributed by atoms with Gasteiger partial charge in [-0.1, -0.05) is 19.3 Å².